The number of anilines is 1. The normalized spacial score (nSPS) is 13.0. The molecule has 3 rings (SSSR count). The van der Waals surface area contributed by atoms with Gasteiger partial charge in [0.25, 0.3) is 5.91 Å². The molecule has 5 nitrogen and oxygen atoms in total. The van der Waals surface area contributed by atoms with E-state index in [9.17, 15) is 9.59 Å². The second-order valence-corrected chi connectivity index (χ2v) is 9.15. The van der Waals surface area contributed by atoms with E-state index < -0.39 is 5.97 Å². The minimum absolute atomic E-state index is 0.149. The highest BCUT2D eigenvalue weighted by Crippen LogP contribution is 2.38. The summed E-state index contributed by atoms with van der Waals surface area (Å²) in [5.74, 6) is -0.0999. The van der Waals surface area contributed by atoms with Crippen LogP contribution in [0.2, 0.25) is 0 Å². The Bertz CT molecular complexity index is 871. The van der Waals surface area contributed by atoms with Gasteiger partial charge in [-0.3, -0.25) is 4.79 Å². The van der Waals surface area contributed by atoms with Crippen molar-refractivity contribution in [2.24, 2.45) is 0 Å². The predicted molar refractivity (Wildman–Crippen MR) is 113 cm³/mol. The summed E-state index contributed by atoms with van der Waals surface area (Å²) in [7, 11) is 1.36. The molecule has 0 fully saturated rings. The van der Waals surface area contributed by atoms with Crippen molar-refractivity contribution in [2.45, 2.75) is 32.6 Å². The van der Waals surface area contributed by atoms with Gasteiger partial charge in [0.05, 0.1) is 17.1 Å². The van der Waals surface area contributed by atoms with Crippen molar-refractivity contribution in [3.8, 4) is 5.75 Å². The molecule has 2 aromatic rings. The number of aryl methyl sites for hydroxylation is 2. The van der Waals surface area contributed by atoms with Crippen molar-refractivity contribution in [1.29, 1.82) is 0 Å². The highest BCUT2D eigenvalue weighted by molar-refractivity contribution is 9.11. The van der Waals surface area contributed by atoms with Gasteiger partial charge in [0.1, 0.15) is 10.8 Å². The summed E-state index contributed by atoms with van der Waals surface area (Å²) in [5, 5.41) is 3.38. The summed E-state index contributed by atoms with van der Waals surface area (Å²) < 4.78 is 12.3. The van der Waals surface area contributed by atoms with E-state index in [0.29, 0.717) is 16.3 Å². The number of halogens is 2. The highest BCUT2D eigenvalue weighted by Gasteiger charge is 2.27. The number of thiophene rings is 1. The second-order valence-electron chi connectivity index (χ2n) is 6.28. The lowest BCUT2D eigenvalue weighted by Crippen LogP contribution is -2.21. The molecule has 0 atom stereocenters. The Balaban J connectivity index is 1.75. The zero-order valence-electron chi connectivity index (χ0n) is 15.0. The molecule has 27 heavy (non-hydrogen) atoms. The van der Waals surface area contributed by atoms with Gasteiger partial charge in [0, 0.05) is 9.35 Å². The van der Waals surface area contributed by atoms with Gasteiger partial charge in [-0.2, -0.15) is 0 Å². The first kappa shape index (κ1) is 20.4. The number of methoxy groups -OCH3 is 1. The zero-order valence-corrected chi connectivity index (χ0v) is 19.0. The summed E-state index contributed by atoms with van der Waals surface area (Å²) in [6.45, 7) is 1.76. The third-order valence-corrected chi connectivity index (χ3v) is 6.61. The first-order valence-corrected chi connectivity index (χ1v) is 10.9. The lowest BCUT2D eigenvalue weighted by Gasteiger charge is -2.12. The van der Waals surface area contributed by atoms with Gasteiger partial charge in [0.15, 0.2) is 6.61 Å². The Hall–Kier alpha value is -1.38. The number of hydrogen-bond donors (Lipinski definition) is 1. The standard InChI is InChI=1S/C19H19Br2NO4S/c1-10-7-11(20)8-13(21)17(10)26-9-15(23)22-18-16(19(24)25-2)12-5-3-4-6-14(12)27-18/h7-8H,3-6,9H2,1-2H3,(H,22,23). The maximum absolute atomic E-state index is 12.4. The third kappa shape index (κ3) is 4.55. The molecule has 0 unspecified atom stereocenters. The molecule has 0 spiro atoms. The van der Waals surface area contributed by atoms with E-state index in [0.717, 1.165) is 50.6 Å². The number of nitrogens with one attached hydrogen (secondary N) is 1. The molecule has 0 saturated carbocycles. The fourth-order valence-electron chi connectivity index (χ4n) is 3.14. The van der Waals surface area contributed by atoms with Crippen LogP contribution in [0, 0.1) is 6.92 Å². The van der Waals surface area contributed by atoms with Crippen LogP contribution in [0.25, 0.3) is 0 Å². The monoisotopic (exact) mass is 515 g/mol. The van der Waals surface area contributed by atoms with Gasteiger partial charge in [-0.25, -0.2) is 4.79 Å². The zero-order chi connectivity index (χ0) is 19.6. The molecule has 8 heteroatoms. The fraction of sp³-hybridized carbons (Fsp3) is 0.368. The number of hydrogen-bond acceptors (Lipinski definition) is 5. The highest BCUT2D eigenvalue weighted by atomic mass is 79.9. The molecule has 144 valence electrons. The van der Waals surface area contributed by atoms with Crippen molar-refractivity contribution in [2.75, 3.05) is 19.0 Å². The topological polar surface area (TPSA) is 64.6 Å². The molecule has 0 saturated heterocycles. The van der Waals surface area contributed by atoms with Gasteiger partial charge in [0.2, 0.25) is 0 Å². The Kier molecular flexibility index (Phi) is 6.60. The number of esters is 1. The maximum Gasteiger partial charge on any atom is 0.341 e. The molecule has 1 aromatic carbocycles. The van der Waals surface area contributed by atoms with E-state index in [1.165, 1.54) is 18.4 Å². The van der Waals surface area contributed by atoms with Gasteiger partial charge in [-0.05, 0) is 71.8 Å². The fourth-order valence-corrected chi connectivity index (χ4v) is 5.99. The number of amides is 1. The minimum atomic E-state index is -0.405. The van der Waals surface area contributed by atoms with Gasteiger partial charge in [-0.15, -0.1) is 11.3 Å². The van der Waals surface area contributed by atoms with Crippen molar-refractivity contribution in [3.63, 3.8) is 0 Å². The number of carbonyl (C=O) groups is 2. The van der Waals surface area contributed by atoms with E-state index in [2.05, 4.69) is 37.2 Å². The number of carbonyl (C=O) groups excluding carboxylic acids is 2. The van der Waals surface area contributed by atoms with E-state index >= 15 is 0 Å². The van der Waals surface area contributed by atoms with E-state index in [1.807, 2.05) is 19.1 Å². The molecular weight excluding hydrogens is 498 g/mol. The van der Waals surface area contributed by atoms with E-state index in [-0.39, 0.29) is 12.5 Å². The average molecular weight is 517 g/mol. The van der Waals surface area contributed by atoms with Crippen LogP contribution in [0.3, 0.4) is 0 Å². The minimum Gasteiger partial charge on any atom is -0.482 e. The lowest BCUT2D eigenvalue weighted by molar-refractivity contribution is -0.118. The van der Waals surface area contributed by atoms with Crippen LogP contribution in [-0.4, -0.2) is 25.6 Å². The smallest absolute Gasteiger partial charge is 0.341 e. The Labute approximate surface area is 178 Å². The molecule has 1 amide bonds. The molecule has 1 N–H and O–H groups in total. The van der Waals surface area contributed by atoms with Gasteiger partial charge < -0.3 is 14.8 Å². The molecule has 0 bridgehead atoms. The molecule has 1 aliphatic rings. The molecule has 0 radical (unpaired) electrons. The Morgan fingerprint density at radius 1 is 1.22 bits per heavy atom. The van der Waals surface area contributed by atoms with E-state index in [1.54, 1.807) is 0 Å². The number of rotatable bonds is 5. The van der Waals surface area contributed by atoms with Crippen LogP contribution in [0.1, 0.15) is 39.2 Å². The van der Waals surface area contributed by atoms with Crippen molar-refractivity contribution < 1.29 is 19.1 Å². The number of fused-ring (bicyclic) bond motifs is 1. The molecular formula is C19H19Br2NO4S. The summed E-state index contributed by atoms with van der Waals surface area (Å²) in [6.07, 6.45) is 3.91. The Morgan fingerprint density at radius 2 is 1.96 bits per heavy atom. The molecule has 1 heterocycles. The average Bonchev–Trinajstić information content (AvgIpc) is 2.97. The summed E-state index contributed by atoms with van der Waals surface area (Å²) in [6, 6.07) is 3.78. The van der Waals surface area contributed by atoms with Crippen LogP contribution in [0.15, 0.2) is 21.1 Å². The second kappa shape index (κ2) is 8.75. The summed E-state index contributed by atoms with van der Waals surface area (Å²) in [4.78, 5) is 25.8. The van der Waals surface area contributed by atoms with Crippen molar-refractivity contribution in [3.05, 3.63) is 42.6 Å². The molecule has 0 aliphatic heterocycles. The lowest BCUT2D eigenvalue weighted by atomic mass is 9.95. The first-order chi connectivity index (χ1) is 12.9. The summed E-state index contributed by atoms with van der Waals surface area (Å²) >= 11 is 8.33. The third-order valence-electron chi connectivity index (χ3n) is 4.36. The van der Waals surface area contributed by atoms with Gasteiger partial charge >= 0.3 is 5.97 Å². The summed E-state index contributed by atoms with van der Waals surface area (Å²) in [5.41, 5.74) is 2.42. The SMILES string of the molecule is COC(=O)c1c(NC(=O)COc2c(C)cc(Br)cc2Br)sc2c1CCCC2. The number of ether oxygens (including phenoxy) is 2. The van der Waals surface area contributed by atoms with Crippen molar-refractivity contribution in [1.82, 2.24) is 0 Å². The van der Waals surface area contributed by atoms with Crippen molar-refractivity contribution >= 4 is 60.1 Å². The first-order valence-electron chi connectivity index (χ1n) is 8.51. The van der Waals surface area contributed by atoms with Crippen LogP contribution in [0.5, 0.6) is 5.75 Å². The van der Waals surface area contributed by atoms with Crippen LogP contribution >= 0.6 is 43.2 Å². The van der Waals surface area contributed by atoms with Crippen LogP contribution in [-0.2, 0) is 22.4 Å². The predicted octanol–water partition coefficient (Wildman–Crippen LogP) is 5.26. The van der Waals surface area contributed by atoms with Crippen LogP contribution < -0.4 is 10.1 Å². The molecule has 1 aromatic heterocycles. The number of benzene rings is 1. The quantitative estimate of drug-likeness (QED) is 0.550. The van der Waals surface area contributed by atoms with Gasteiger partial charge in [-0.1, -0.05) is 15.9 Å². The van der Waals surface area contributed by atoms with E-state index in [4.69, 9.17) is 9.47 Å². The maximum atomic E-state index is 12.4. The largest absolute Gasteiger partial charge is 0.482 e. The molecule has 1 aliphatic carbocycles. The van der Waals surface area contributed by atoms with Crippen LogP contribution in [0.4, 0.5) is 5.00 Å². The Morgan fingerprint density at radius 3 is 2.67 bits per heavy atom.